The third-order valence-electron chi connectivity index (χ3n) is 15.4. The van der Waals surface area contributed by atoms with Gasteiger partial charge in [0.05, 0.1) is 26.4 Å². The van der Waals surface area contributed by atoms with Crippen LogP contribution in [-0.4, -0.2) is 96.7 Å². The minimum absolute atomic E-state index is 0.102. The van der Waals surface area contributed by atoms with Crippen LogP contribution in [0.2, 0.25) is 0 Å². The van der Waals surface area contributed by atoms with Gasteiger partial charge in [-0.3, -0.25) is 37.3 Å². The van der Waals surface area contributed by atoms with Crippen molar-refractivity contribution >= 4 is 39.5 Å². The molecule has 0 saturated heterocycles. The predicted molar refractivity (Wildman–Crippen MR) is 340 cm³/mol. The van der Waals surface area contributed by atoms with Gasteiger partial charge in [-0.2, -0.15) is 0 Å². The molecule has 0 aromatic rings. The van der Waals surface area contributed by atoms with Gasteiger partial charge in [-0.1, -0.05) is 267 Å². The van der Waals surface area contributed by atoms with Crippen LogP contribution >= 0.6 is 15.6 Å². The summed E-state index contributed by atoms with van der Waals surface area (Å²) in [5.74, 6) is 0.783. The van der Waals surface area contributed by atoms with Crippen LogP contribution < -0.4 is 0 Å². The largest absolute Gasteiger partial charge is 0.472 e. The van der Waals surface area contributed by atoms with Crippen molar-refractivity contribution in [2.75, 3.05) is 39.6 Å². The smallest absolute Gasteiger partial charge is 0.462 e. The maximum atomic E-state index is 13.0. The molecule has 504 valence electrons. The van der Waals surface area contributed by atoms with Crippen LogP contribution in [0, 0.1) is 23.7 Å². The fraction of sp³-hybridized carbons (Fsp3) is 0.939. The normalized spacial score (nSPS) is 14.7. The number of hydrogen-bond acceptors (Lipinski definition) is 15. The van der Waals surface area contributed by atoms with Crippen LogP contribution in [0.25, 0.3) is 0 Å². The Morgan fingerprint density at radius 2 is 0.565 bits per heavy atom. The Morgan fingerprint density at radius 3 is 0.835 bits per heavy atom. The third kappa shape index (κ3) is 59.5. The van der Waals surface area contributed by atoms with E-state index in [4.69, 9.17) is 37.0 Å². The van der Waals surface area contributed by atoms with E-state index in [1.54, 1.807) is 0 Å². The molecule has 3 N–H and O–H groups in total. The summed E-state index contributed by atoms with van der Waals surface area (Å²) in [6, 6.07) is 0. The van der Waals surface area contributed by atoms with Crippen molar-refractivity contribution in [3.05, 3.63) is 0 Å². The Kier molecular flexibility index (Phi) is 54.8. The van der Waals surface area contributed by atoms with Gasteiger partial charge in [-0.05, 0) is 49.4 Å². The first-order valence-electron chi connectivity index (χ1n) is 34.2. The number of carbonyl (C=O) groups is 4. The maximum Gasteiger partial charge on any atom is 0.472 e. The SMILES string of the molecule is CCC(C)CCCCCCCCCCCCC(=O)O[C@H](COC(=O)CCCCCCCCC(C)C)COP(=O)(O)OC[C@H](O)COP(=O)(O)OC[C@@H](COC(=O)CCCCCCCCCCCC(C)C)OC(=O)CCCCCCCCCC(C)C. The van der Waals surface area contributed by atoms with Crippen LogP contribution in [-0.2, 0) is 65.4 Å². The number of rotatable bonds is 63. The number of esters is 4. The van der Waals surface area contributed by atoms with E-state index in [0.717, 1.165) is 108 Å². The molecule has 0 aliphatic heterocycles. The van der Waals surface area contributed by atoms with Gasteiger partial charge in [0.15, 0.2) is 12.2 Å². The molecule has 0 aromatic heterocycles. The van der Waals surface area contributed by atoms with E-state index in [-0.39, 0.29) is 25.7 Å². The zero-order valence-electron chi connectivity index (χ0n) is 55.2. The Labute approximate surface area is 517 Å². The minimum atomic E-state index is -4.95. The van der Waals surface area contributed by atoms with Crippen molar-refractivity contribution in [3.8, 4) is 0 Å². The molecule has 0 spiro atoms. The highest BCUT2D eigenvalue weighted by atomic mass is 31.2. The summed E-state index contributed by atoms with van der Waals surface area (Å²) in [7, 11) is -9.89. The Balaban J connectivity index is 5.24. The minimum Gasteiger partial charge on any atom is -0.462 e. The van der Waals surface area contributed by atoms with E-state index in [9.17, 15) is 43.2 Å². The average Bonchev–Trinajstić information content (AvgIpc) is 3.45. The van der Waals surface area contributed by atoms with Crippen molar-refractivity contribution in [1.82, 2.24) is 0 Å². The molecule has 0 aliphatic carbocycles. The lowest BCUT2D eigenvalue weighted by Crippen LogP contribution is -2.30. The van der Waals surface area contributed by atoms with E-state index < -0.39 is 97.5 Å². The fourth-order valence-corrected chi connectivity index (χ4v) is 11.3. The molecule has 0 heterocycles. The van der Waals surface area contributed by atoms with Crippen molar-refractivity contribution < 1.29 is 80.2 Å². The number of carbonyl (C=O) groups excluding carboxylic acids is 4. The molecule has 6 atom stereocenters. The van der Waals surface area contributed by atoms with E-state index in [2.05, 4.69) is 55.4 Å². The molecule has 3 unspecified atom stereocenters. The number of hydrogen-bond donors (Lipinski definition) is 3. The van der Waals surface area contributed by atoms with Crippen LogP contribution in [0.4, 0.5) is 0 Å². The van der Waals surface area contributed by atoms with Crippen LogP contribution in [0.3, 0.4) is 0 Å². The lowest BCUT2D eigenvalue weighted by Gasteiger charge is -2.21. The lowest BCUT2D eigenvalue weighted by molar-refractivity contribution is -0.161. The molecule has 17 nitrogen and oxygen atoms in total. The number of phosphoric acid groups is 2. The number of aliphatic hydroxyl groups excluding tert-OH is 1. The molecule has 0 rings (SSSR count). The summed E-state index contributed by atoms with van der Waals surface area (Å²) in [6.07, 6.45) is 36.4. The van der Waals surface area contributed by atoms with Gasteiger partial charge in [0.2, 0.25) is 0 Å². The molecule has 0 radical (unpaired) electrons. The summed E-state index contributed by atoms with van der Waals surface area (Å²) in [5, 5.41) is 10.5. The van der Waals surface area contributed by atoms with Crippen molar-refractivity contribution in [2.24, 2.45) is 23.7 Å². The van der Waals surface area contributed by atoms with E-state index in [0.29, 0.717) is 37.5 Å². The van der Waals surface area contributed by atoms with Crippen LogP contribution in [0.5, 0.6) is 0 Å². The first kappa shape index (κ1) is 83.1. The van der Waals surface area contributed by atoms with E-state index >= 15 is 0 Å². The van der Waals surface area contributed by atoms with E-state index in [1.165, 1.54) is 116 Å². The highest BCUT2D eigenvalue weighted by Crippen LogP contribution is 2.45. The number of phosphoric ester groups is 2. The Morgan fingerprint density at radius 1 is 0.329 bits per heavy atom. The lowest BCUT2D eigenvalue weighted by atomic mass is 9.99. The molecule has 85 heavy (non-hydrogen) atoms. The maximum absolute atomic E-state index is 13.0. The highest BCUT2D eigenvalue weighted by molar-refractivity contribution is 7.47. The second-order valence-electron chi connectivity index (χ2n) is 25.5. The first-order valence-corrected chi connectivity index (χ1v) is 37.2. The summed E-state index contributed by atoms with van der Waals surface area (Å²) in [4.78, 5) is 72.3. The first-order chi connectivity index (χ1) is 40.6. The highest BCUT2D eigenvalue weighted by Gasteiger charge is 2.30. The molecule has 0 fully saturated rings. The molecular weight excluding hydrogens is 1130 g/mol. The zero-order chi connectivity index (χ0) is 63.2. The quantitative estimate of drug-likeness (QED) is 0.0222. The van der Waals surface area contributed by atoms with Crippen LogP contribution in [0.15, 0.2) is 0 Å². The van der Waals surface area contributed by atoms with Gasteiger partial charge >= 0.3 is 39.5 Å². The standard InChI is InChI=1S/C66H128O17P2/c1-9-59(8)45-37-29-20-14-10-11-15-22-32-40-48-65(70)82-62(53-77-64(69)47-39-31-25-24-28-36-44-58(6)7)55-81-85(74,75)79-51-60(67)50-78-84(72,73)80-54-61(83-66(71)49-41-33-23-17-19-27-35-43-57(4)5)52-76-63(68)46-38-30-21-16-12-13-18-26-34-42-56(2)3/h56-62,67H,9-55H2,1-8H3,(H,72,73)(H,74,75)/t59?,60-,61-,62-/m1/s1. The average molecular weight is 1260 g/mol. The topological polar surface area (TPSA) is 237 Å². The van der Waals surface area contributed by atoms with Gasteiger partial charge in [0.1, 0.15) is 19.3 Å². The number of unbranched alkanes of at least 4 members (excludes halogenated alkanes) is 28. The summed E-state index contributed by atoms with van der Waals surface area (Å²) < 4.78 is 68.1. The third-order valence-corrected chi connectivity index (χ3v) is 17.3. The summed E-state index contributed by atoms with van der Waals surface area (Å²) in [6.45, 7) is 14.0. The predicted octanol–water partition coefficient (Wildman–Crippen LogP) is 18.1. The van der Waals surface area contributed by atoms with Gasteiger partial charge in [0.25, 0.3) is 0 Å². The Hall–Kier alpha value is -1.94. The number of aliphatic hydroxyl groups is 1. The zero-order valence-corrected chi connectivity index (χ0v) is 57.0. The molecular formula is C66H128O17P2. The summed E-state index contributed by atoms with van der Waals surface area (Å²) >= 11 is 0. The monoisotopic (exact) mass is 1250 g/mol. The molecule has 19 heteroatoms. The molecule has 0 aliphatic rings. The second kappa shape index (κ2) is 56.1. The van der Waals surface area contributed by atoms with Crippen molar-refractivity contribution in [2.45, 2.75) is 337 Å². The van der Waals surface area contributed by atoms with Gasteiger partial charge < -0.3 is 33.8 Å². The Bertz CT molecular complexity index is 1700. The number of ether oxygens (including phenoxy) is 4. The second-order valence-corrected chi connectivity index (χ2v) is 28.4. The van der Waals surface area contributed by atoms with Crippen molar-refractivity contribution in [1.29, 1.82) is 0 Å². The molecule has 0 saturated carbocycles. The van der Waals surface area contributed by atoms with Gasteiger partial charge in [-0.25, -0.2) is 9.13 Å². The van der Waals surface area contributed by atoms with Gasteiger partial charge in [0, 0.05) is 25.7 Å². The van der Waals surface area contributed by atoms with Crippen molar-refractivity contribution in [3.63, 3.8) is 0 Å². The van der Waals surface area contributed by atoms with E-state index in [1.807, 2.05) is 0 Å². The fourth-order valence-electron chi connectivity index (χ4n) is 9.75. The molecule has 0 amide bonds. The summed E-state index contributed by atoms with van der Waals surface area (Å²) in [5.41, 5.74) is 0. The molecule has 0 aromatic carbocycles. The van der Waals surface area contributed by atoms with Gasteiger partial charge in [-0.15, -0.1) is 0 Å². The van der Waals surface area contributed by atoms with Crippen LogP contribution in [0.1, 0.15) is 319 Å². The molecule has 0 bridgehead atoms.